The van der Waals surface area contributed by atoms with Crippen LogP contribution in [0.3, 0.4) is 0 Å². The van der Waals surface area contributed by atoms with E-state index in [9.17, 15) is 75.4 Å². The van der Waals surface area contributed by atoms with Gasteiger partial charge in [-0.15, -0.1) is 0 Å². The van der Waals surface area contributed by atoms with E-state index in [1.54, 1.807) is 19.1 Å². The summed E-state index contributed by atoms with van der Waals surface area (Å²) in [7, 11) is -2.59. The number of ether oxygens (including phenoxy) is 3. The monoisotopic (exact) mass is 1020 g/mol. The summed E-state index contributed by atoms with van der Waals surface area (Å²) < 4.78 is 258. The first-order valence-corrected chi connectivity index (χ1v) is 21.9. The minimum atomic E-state index is -8.71. The van der Waals surface area contributed by atoms with E-state index in [1.807, 2.05) is 0 Å². The zero-order chi connectivity index (χ0) is 52.0. The molecule has 0 aliphatic heterocycles. The quantitative estimate of drug-likeness (QED) is 0.0240. The molecule has 2 atom stereocenters. The third kappa shape index (κ3) is 12.0. The number of anilines is 1. The number of hydrogen-bond donors (Lipinski definition) is 3. The van der Waals surface area contributed by atoms with Crippen molar-refractivity contribution in [2.75, 3.05) is 25.6 Å². The first kappa shape index (κ1) is 58.6. The van der Waals surface area contributed by atoms with Crippen molar-refractivity contribution >= 4 is 26.0 Å². The zero-order valence-electron chi connectivity index (χ0n) is 36.4. The number of hydroxylamine groups is 1. The van der Waals surface area contributed by atoms with Crippen molar-refractivity contribution in [2.45, 2.75) is 125 Å². The molecule has 9 nitrogen and oxygen atoms in total. The lowest BCUT2D eigenvalue weighted by atomic mass is 9.88. The van der Waals surface area contributed by atoms with Crippen molar-refractivity contribution in [2.24, 2.45) is 5.92 Å². The second-order valence-corrected chi connectivity index (χ2v) is 20.9. The fourth-order valence-corrected chi connectivity index (χ4v) is 11.1. The molecule has 382 valence electrons. The number of rotatable bonds is 24. The first-order chi connectivity index (χ1) is 30.4. The molecule has 0 bridgehead atoms. The van der Waals surface area contributed by atoms with Gasteiger partial charge < -0.3 is 18.6 Å². The van der Waals surface area contributed by atoms with Crippen molar-refractivity contribution < 1.29 is 108 Å². The Balaban J connectivity index is 2.31. The molecule has 2 aromatic rings. The van der Waals surface area contributed by atoms with Crippen molar-refractivity contribution in [1.29, 1.82) is 0 Å². The Labute approximate surface area is 373 Å². The maximum atomic E-state index is 15.0. The van der Waals surface area contributed by atoms with Gasteiger partial charge in [-0.1, -0.05) is 52.8 Å². The van der Waals surface area contributed by atoms with Crippen molar-refractivity contribution in [3.05, 3.63) is 65.7 Å². The zero-order valence-corrected chi connectivity index (χ0v) is 37.4. The number of carbonyl (C=O) groups excluding carboxylic acids is 2. The Morgan fingerprint density at radius 1 is 0.672 bits per heavy atom. The molecule has 0 aliphatic rings. The number of allylic oxidation sites excluding steroid dienone is 1. The number of nitrogens with one attached hydrogen (secondary N) is 2. The highest BCUT2D eigenvalue weighted by molar-refractivity contribution is 6.76. The Bertz CT molecular complexity index is 1970. The number of carbonyl (C=O) groups is 2. The fraction of sp³-hybridized carbons (Fsp3) is 0.600. The average molecular weight is 1020 g/mol. The normalized spacial score (nSPS) is 15.1. The van der Waals surface area contributed by atoms with Gasteiger partial charge in [-0.05, 0) is 72.4 Å². The number of hydrogen-bond acceptors (Lipinski definition) is 7. The van der Waals surface area contributed by atoms with Gasteiger partial charge in [0.25, 0.3) is 5.91 Å². The Hall–Kier alpha value is -4.53. The van der Waals surface area contributed by atoms with Crippen LogP contribution in [-0.2, 0) is 14.0 Å². The highest BCUT2D eigenvalue weighted by Crippen LogP contribution is 2.64. The van der Waals surface area contributed by atoms with Crippen LogP contribution < -0.4 is 20.3 Å². The molecule has 0 saturated carbocycles. The molecule has 0 fully saturated rings. The van der Waals surface area contributed by atoms with E-state index in [-0.39, 0.29) is 17.7 Å². The second kappa shape index (κ2) is 21.4. The third-order valence-corrected chi connectivity index (χ3v) is 16.5. The molecule has 2 aromatic carbocycles. The third-order valence-electron chi connectivity index (χ3n) is 10.8. The molecule has 0 spiro atoms. The number of amides is 2. The molecular weight excluding hydrogens is 971 g/mol. The van der Waals surface area contributed by atoms with Crippen LogP contribution in [-0.4, -0.2) is 93.5 Å². The number of alkyl halides is 17. The van der Waals surface area contributed by atoms with Crippen LogP contribution >= 0.6 is 0 Å². The molecule has 0 heterocycles. The molecule has 0 unspecified atom stereocenters. The summed E-state index contributed by atoms with van der Waals surface area (Å²) in [6, 6.07) is 10.6. The van der Waals surface area contributed by atoms with Crippen LogP contribution in [0.2, 0.25) is 17.1 Å². The minimum Gasteiger partial charge on any atom is -0.497 e. The SMILES string of the molecule is COc1ccc(NC(=O)O[C@H](c2ccc(OCCO[Si](CCC(F)(F)C(F)(F)C(F)(F)C(F)(F)C(F)(F)C(F)(F)C(F)(F)C(F)(F)F)(C(C)C)C(C)C)cc2)[C@@H](C)C/C=C(\C)C(=O)NO)cc1. The predicted octanol–water partition coefficient (Wildman–Crippen LogP) is 13.0. The maximum Gasteiger partial charge on any atom is 0.460 e. The smallest absolute Gasteiger partial charge is 0.460 e. The van der Waals surface area contributed by atoms with E-state index < -0.39 is 117 Å². The van der Waals surface area contributed by atoms with Crippen LogP contribution in [0, 0.1) is 5.92 Å². The summed E-state index contributed by atoms with van der Waals surface area (Å²) >= 11 is 0. The maximum absolute atomic E-state index is 15.0. The van der Waals surface area contributed by atoms with Gasteiger partial charge >= 0.3 is 53.7 Å². The van der Waals surface area contributed by atoms with Gasteiger partial charge in [-0.25, -0.2) is 10.3 Å². The van der Waals surface area contributed by atoms with Gasteiger partial charge in [0.05, 0.1) is 13.7 Å². The van der Waals surface area contributed by atoms with E-state index in [0.717, 1.165) is 0 Å². The fourth-order valence-electron chi connectivity index (χ4n) is 6.62. The average Bonchev–Trinajstić information content (AvgIpc) is 3.23. The number of methoxy groups -OCH3 is 1. The van der Waals surface area contributed by atoms with E-state index in [4.69, 9.17) is 23.8 Å². The molecule has 0 aromatic heterocycles. The number of halogens is 17. The highest BCUT2D eigenvalue weighted by Gasteiger charge is 2.95. The minimum absolute atomic E-state index is 0.0999. The summed E-state index contributed by atoms with van der Waals surface area (Å²) in [6.45, 7) is 7.35. The Kier molecular flexibility index (Phi) is 18.7. The molecule has 0 radical (unpaired) electrons. The lowest BCUT2D eigenvalue weighted by molar-refractivity contribution is -0.461. The van der Waals surface area contributed by atoms with Crippen LogP contribution in [0.4, 0.5) is 85.1 Å². The summed E-state index contributed by atoms with van der Waals surface area (Å²) in [4.78, 5) is 24.7. The summed E-state index contributed by atoms with van der Waals surface area (Å²) in [5.74, 6) is -57.6. The first-order valence-electron chi connectivity index (χ1n) is 19.7. The van der Waals surface area contributed by atoms with Gasteiger partial charge in [0.1, 0.15) is 24.2 Å². The van der Waals surface area contributed by atoms with Gasteiger partial charge in [0.2, 0.25) is 0 Å². The summed E-state index contributed by atoms with van der Waals surface area (Å²) in [6.07, 6.45) is -10.7. The Morgan fingerprint density at radius 3 is 1.58 bits per heavy atom. The van der Waals surface area contributed by atoms with Crippen molar-refractivity contribution in [3.63, 3.8) is 0 Å². The summed E-state index contributed by atoms with van der Waals surface area (Å²) in [5.41, 5.74) is 0.553. The van der Waals surface area contributed by atoms with Gasteiger partial charge in [0, 0.05) is 23.6 Å². The molecule has 0 saturated heterocycles. The van der Waals surface area contributed by atoms with Gasteiger partial charge in [0.15, 0.2) is 8.32 Å². The lowest BCUT2D eigenvalue weighted by Gasteiger charge is -2.44. The second-order valence-electron chi connectivity index (χ2n) is 15.9. The van der Waals surface area contributed by atoms with Crippen LogP contribution in [0.1, 0.15) is 66.1 Å². The van der Waals surface area contributed by atoms with E-state index in [1.165, 1.54) is 89.7 Å². The van der Waals surface area contributed by atoms with Crippen LogP contribution in [0.25, 0.3) is 0 Å². The molecule has 2 rings (SSSR count). The standard InChI is InChI=1S/C40H47F17N2O7Si/c1-22(2)67(23(3)4,21-18-33(41,42)34(43,44)35(45,46)36(47,48)37(49,50)38(51,52)39(53,54)40(55,56)57)65-20-19-64-29-14-10-26(11-15-29)30(24(5)8-9-25(6)31(60)59-62)66-32(61)58-27-12-16-28(63-7)17-13-27/h9-17,22-24,30,62H,8,18-21H2,1-7H3,(H,58,61)(H,59,60)/b25-9+/t24-,30-/m0/s1. The van der Waals surface area contributed by atoms with Gasteiger partial charge in [-0.2, -0.15) is 74.6 Å². The largest absolute Gasteiger partial charge is 0.497 e. The molecular formula is C40H47F17N2O7Si. The Morgan fingerprint density at radius 2 is 1.13 bits per heavy atom. The van der Waals surface area contributed by atoms with Crippen LogP contribution in [0.15, 0.2) is 60.2 Å². The van der Waals surface area contributed by atoms with Crippen LogP contribution in [0.5, 0.6) is 11.5 Å². The highest BCUT2D eigenvalue weighted by atomic mass is 28.4. The van der Waals surface area contributed by atoms with E-state index >= 15 is 8.78 Å². The van der Waals surface area contributed by atoms with Crippen molar-refractivity contribution in [1.82, 2.24) is 5.48 Å². The topological polar surface area (TPSA) is 115 Å². The van der Waals surface area contributed by atoms with E-state index in [0.29, 0.717) is 17.0 Å². The van der Waals surface area contributed by atoms with Gasteiger partial charge in [-0.3, -0.25) is 15.3 Å². The molecule has 0 aliphatic carbocycles. The molecule has 2 amide bonds. The molecule has 67 heavy (non-hydrogen) atoms. The lowest BCUT2D eigenvalue weighted by Crippen LogP contribution is -2.74. The van der Waals surface area contributed by atoms with E-state index in [2.05, 4.69) is 5.32 Å². The van der Waals surface area contributed by atoms with Crippen molar-refractivity contribution in [3.8, 4) is 11.5 Å². The molecule has 3 N–H and O–H groups in total. The summed E-state index contributed by atoms with van der Waals surface area (Å²) in [5, 5.41) is 11.5. The molecule has 27 heteroatoms. The number of benzene rings is 2. The predicted molar refractivity (Wildman–Crippen MR) is 207 cm³/mol.